The molecule has 158 valence electrons. The molecule has 0 aliphatic carbocycles. The van der Waals surface area contributed by atoms with E-state index in [1.807, 2.05) is 36.4 Å². The van der Waals surface area contributed by atoms with Crippen LogP contribution >= 0.6 is 47.8 Å². The molecule has 0 amide bonds. The maximum absolute atomic E-state index is 10.4. The van der Waals surface area contributed by atoms with E-state index >= 15 is 0 Å². The van der Waals surface area contributed by atoms with Gasteiger partial charge in [0, 0.05) is 38.9 Å². The van der Waals surface area contributed by atoms with Gasteiger partial charge in [-0.2, -0.15) is 0 Å². The molecule has 9 heteroatoms. The van der Waals surface area contributed by atoms with Crippen molar-refractivity contribution in [1.82, 2.24) is 9.97 Å². The maximum Gasteiger partial charge on any atom is 0.137 e. The molecule has 6 nitrogen and oxygen atoms in total. The van der Waals surface area contributed by atoms with Gasteiger partial charge in [0.15, 0.2) is 0 Å². The minimum atomic E-state index is -0.804. The first kappa shape index (κ1) is 24.6. The summed E-state index contributed by atoms with van der Waals surface area (Å²) < 4.78 is 12.6. The van der Waals surface area contributed by atoms with E-state index in [0.717, 1.165) is 19.5 Å². The molecule has 4 rings (SSSR count). The van der Waals surface area contributed by atoms with Crippen LogP contribution in [0.15, 0.2) is 50.2 Å². The standard InChI is InChI=1S/C10H12BrNO2.C5H3Br2N.C5H8O2/c11-9-3-1-2-8(12-9)10(13)4-6-14-7-5-10;6-4-2-1-3-5(7)8-4;6-5-1-3-7-4-2-5/h1-3,13H,4-7H2;1-3H;1-4H2. The fourth-order valence-corrected chi connectivity index (χ4v) is 3.88. The minimum absolute atomic E-state index is 0.339. The fraction of sp³-hybridized carbons (Fsp3) is 0.450. The molecule has 0 atom stereocenters. The van der Waals surface area contributed by atoms with Crippen molar-refractivity contribution >= 4 is 53.6 Å². The number of ketones is 1. The average molecular weight is 595 g/mol. The number of hydrogen-bond donors (Lipinski definition) is 1. The number of rotatable bonds is 1. The summed E-state index contributed by atoms with van der Waals surface area (Å²) >= 11 is 9.74. The first-order valence-corrected chi connectivity index (χ1v) is 11.6. The van der Waals surface area contributed by atoms with Gasteiger partial charge in [0.05, 0.1) is 18.9 Å². The van der Waals surface area contributed by atoms with Gasteiger partial charge in [-0.1, -0.05) is 12.1 Å². The number of carbonyl (C=O) groups excluding carboxylic acids is 1. The van der Waals surface area contributed by atoms with Gasteiger partial charge in [-0.15, -0.1) is 0 Å². The van der Waals surface area contributed by atoms with Crippen LogP contribution in [0.5, 0.6) is 0 Å². The highest BCUT2D eigenvalue weighted by Gasteiger charge is 2.33. The quantitative estimate of drug-likeness (QED) is 0.477. The summed E-state index contributed by atoms with van der Waals surface area (Å²) in [6, 6.07) is 11.3. The Morgan fingerprint density at radius 1 is 0.793 bits per heavy atom. The Balaban J connectivity index is 0.000000170. The zero-order valence-corrected chi connectivity index (χ0v) is 20.6. The van der Waals surface area contributed by atoms with E-state index in [2.05, 4.69) is 57.8 Å². The smallest absolute Gasteiger partial charge is 0.137 e. The summed E-state index contributed by atoms with van der Waals surface area (Å²) in [4.78, 5) is 18.7. The molecule has 0 radical (unpaired) electrons. The van der Waals surface area contributed by atoms with Crippen molar-refractivity contribution in [1.29, 1.82) is 0 Å². The van der Waals surface area contributed by atoms with Gasteiger partial charge in [-0.3, -0.25) is 4.79 Å². The summed E-state index contributed by atoms with van der Waals surface area (Å²) in [7, 11) is 0. The van der Waals surface area contributed by atoms with E-state index in [4.69, 9.17) is 9.47 Å². The van der Waals surface area contributed by atoms with Crippen molar-refractivity contribution in [3.8, 4) is 0 Å². The second kappa shape index (κ2) is 12.9. The van der Waals surface area contributed by atoms with Crippen molar-refractivity contribution in [2.24, 2.45) is 0 Å². The summed E-state index contributed by atoms with van der Waals surface area (Å²) in [5.41, 5.74) is -0.0719. The predicted molar refractivity (Wildman–Crippen MR) is 121 cm³/mol. The Labute approximate surface area is 195 Å². The van der Waals surface area contributed by atoms with E-state index in [9.17, 15) is 9.90 Å². The Hall–Kier alpha value is -0.710. The van der Waals surface area contributed by atoms with E-state index in [0.29, 0.717) is 57.9 Å². The zero-order chi connectivity index (χ0) is 21.1. The summed E-state index contributed by atoms with van der Waals surface area (Å²) in [6.45, 7) is 2.48. The normalized spacial score (nSPS) is 18.0. The minimum Gasteiger partial charge on any atom is -0.383 e. The molecule has 2 aliphatic rings. The molecular weight excluding hydrogens is 572 g/mol. The highest BCUT2D eigenvalue weighted by molar-refractivity contribution is 9.11. The van der Waals surface area contributed by atoms with Crippen LogP contribution in [0.1, 0.15) is 31.4 Å². The Kier molecular flexibility index (Phi) is 10.9. The molecule has 0 bridgehead atoms. The molecule has 0 saturated carbocycles. The van der Waals surface area contributed by atoms with E-state index in [1.165, 1.54) is 0 Å². The van der Waals surface area contributed by atoms with Crippen molar-refractivity contribution in [2.75, 3.05) is 26.4 Å². The summed E-state index contributed by atoms with van der Waals surface area (Å²) in [6.07, 6.45) is 2.49. The number of aliphatic hydroxyl groups is 1. The molecule has 4 heterocycles. The number of pyridine rings is 2. The number of aromatic nitrogens is 2. The number of hydrogen-bond acceptors (Lipinski definition) is 6. The van der Waals surface area contributed by atoms with Crippen LogP contribution in [0.3, 0.4) is 0 Å². The van der Waals surface area contributed by atoms with Gasteiger partial charge in [0.2, 0.25) is 0 Å². The van der Waals surface area contributed by atoms with Gasteiger partial charge in [0.25, 0.3) is 0 Å². The molecule has 2 fully saturated rings. The second-order valence-corrected chi connectivity index (χ2v) is 8.86. The van der Waals surface area contributed by atoms with Crippen LogP contribution in [0.25, 0.3) is 0 Å². The molecular formula is C20H23Br3N2O4. The number of halogens is 3. The average Bonchev–Trinajstić information content (AvgIpc) is 2.70. The van der Waals surface area contributed by atoms with Crippen LogP contribution in [0.2, 0.25) is 0 Å². The van der Waals surface area contributed by atoms with Crippen LogP contribution in [0.4, 0.5) is 0 Å². The number of carbonyl (C=O) groups is 1. The predicted octanol–water partition coefficient (Wildman–Crippen LogP) is 4.81. The first-order chi connectivity index (χ1) is 13.9. The monoisotopic (exact) mass is 592 g/mol. The molecule has 2 saturated heterocycles. The topological polar surface area (TPSA) is 81.5 Å². The van der Waals surface area contributed by atoms with Gasteiger partial charge in [0.1, 0.15) is 25.2 Å². The molecule has 29 heavy (non-hydrogen) atoms. The van der Waals surface area contributed by atoms with Crippen molar-refractivity contribution in [2.45, 2.75) is 31.3 Å². The third-order valence-electron chi connectivity index (χ3n) is 4.24. The Morgan fingerprint density at radius 3 is 1.69 bits per heavy atom. The van der Waals surface area contributed by atoms with Crippen molar-refractivity contribution in [3.05, 3.63) is 55.9 Å². The number of ether oxygens (including phenoxy) is 2. The highest BCUT2D eigenvalue weighted by Crippen LogP contribution is 2.30. The van der Waals surface area contributed by atoms with Gasteiger partial charge < -0.3 is 14.6 Å². The Morgan fingerprint density at radius 2 is 1.28 bits per heavy atom. The highest BCUT2D eigenvalue weighted by atomic mass is 79.9. The lowest BCUT2D eigenvalue weighted by molar-refractivity contribution is -0.124. The molecule has 2 aromatic rings. The third-order valence-corrected chi connectivity index (χ3v) is 5.57. The fourth-order valence-electron chi connectivity index (χ4n) is 2.62. The van der Waals surface area contributed by atoms with Crippen LogP contribution in [0, 0.1) is 0 Å². The zero-order valence-electron chi connectivity index (χ0n) is 15.8. The van der Waals surface area contributed by atoms with Crippen LogP contribution < -0.4 is 0 Å². The molecule has 1 N–H and O–H groups in total. The lowest BCUT2D eigenvalue weighted by Gasteiger charge is -2.31. The first-order valence-electron chi connectivity index (χ1n) is 9.20. The number of Topliss-reactive ketones (excluding diaryl/α,β-unsaturated/α-hetero) is 1. The molecule has 2 aliphatic heterocycles. The van der Waals surface area contributed by atoms with E-state index in [-0.39, 0.29) is 0 Å². The van der Waals surface area contributed by atoms with Crippen LogP contribution in [-0.2, 0) is 19.9 Å². The third kappa shape index (κ3) is 9.31. The second-order valence-electron chi connectivity index (χ2n) is 6.42. The molecule has 0 unspecified atom stereocenters. The van der Waals surface area contributed by atoms with E-state index in [1.54, 1.807) is 0 Å². The van der Waals surface area contributed by atoms with E-state index < -0.39 is 5.60 Å². The lowest BCUT2D eigenvalue weighted by atomic mass is 9.90. The molecule has 0 spiro atoms. The van der Waals surface area contributed by atoms with Gasteiger partial charge in [-0.05, 0) is 72.1 Å². The molecule has 2 aromatic heterocycles. The molecule has 0 aromatic carbocycles. The largest absolute Gasteiger partial charge is 0.383 e. The Bertz CT molecular complexity index is 761. The summed E-state index contributed by atoms with van der Waals surface area (Å²) in [5.74, 6) is 0.339. The maximum atomic E-state index is 10.4. The SMILES string of the molecule is Brc1cccc(Br)n1.O=C1CCOCC1.OC1(c2cccc(Br)n2)CCOCC1. The van der Waals surface area contributed by atoms with Crippen molar-refractivity contribution in [3.63, 3.8) is 0 Å². The number of nitrogens with zero attached hydrogens (tertiary/aromatic N) is 2. The summed E-state index contributed by atoms with van der Waals surface area (Å²) in [5, 5.41) is 10.3. The van der Waals surface area contributed by atoms with Gasteiger partial charge >= 0.3 is 0 Å². The van der Waals surface area contributed by atoms with Gasteiger partial charge in [-0.25, -0.2) is 9.97 Å². The lowest BCUT2D eigenvalue weighted by Crippen LogP contribution is -2.34. The van der Waals surface area contributed by atoms with Crippen LogP contribution in [-0.4, -0.2) is 47.3 Å². The van der Waals surface area contributed by atoms with Crippen molar-refractivity contribution < 1.29 is 19.4 Å².